The molecule has 0 aliphatic carbocycles. The number of nitrogens with zero attached hydrogens (tertiary/aromatic N) is 1. The molecule has 0 aromatic heterocycles. The lowest BCUT2D eigenvalue weighted by molar-refractivity contribution is -0.135. The van der Waals surface area contributed by atoms with E-state index in [1.54, 1.807) is 18.9 Å². The molecule has 0 spiro atoms. The van der Waals surface area contributed by atoms with Crippen LogP contribution >= 0.6 is 15.9 Å². The van der Waals surface area contributed by atoms with Crippen LogP contribution in [-0.2, 0) is 16.8 Å². The van der Waals surface area contributed by atoms with E-state index in [4.69, 9.17) is 5.73 Å². The Hall–Kier alpha value is -1.65. The molecule has 4 heteroatoms. The second-order valence-electron chi connectivity index (χ2n) is 5.67. The Morgan fingerprint density at radius 2 is 1.73 bits per heavy atom. The van der Waals surface area contributed by atoms with Crippen LogP contribution in [0.2, 0.25) is 0 Å². The van der Waals surface area contributed by atoms with Gasteiger partial charge in [0.25, 0.3) is 0 Å². The van der Waals surface area contributed by atoms with Gasteiger partial charge in [-0.25, -0.2) is 0 Å². The number of amides is 1. The van der Waals surface area contributed by atoms with Crippen LogP contribution in [0.1, 0.15) is 18.1 Å². The molecule has 0 saturated carbocycles. The van der Waals surface area contributed by atoms with Gasteiger partial charge in [0.15, 0.2) is 0 Å². The van der Waals surface area contributed by atoms with Crippen molar-refractivity contribution in [2.45, 2.75) is 18.9 Å². The molecule has 0 saturated heterocycles. The summed E-state index contributed by atoms with van der Waals surface area (Å²) in [6, 6.07) is 17.6. The van der Waals surface area contributed by atoms with Crippen molar-refractivity contribution in [3.05, 3.63) is 70.2 Å². The minimum absolute atomic E-state index is 0.0733. The lowest BCUT2D eigenvalue weighted by atomic mass is 9.91. The molecule has 0 heterocycles. The monoisotopic (exact) mass is 360 g/mol. The van der Waals surface area contributed by atoms with Crippen molar-refractivity contribution < 1.29 is 4.79 Å². The van der Waals surface area contributed by atoms with E-state index < -0.39 is 5.54 Å². The highest BCUT2D eigenvalue weighted by Gasteiger charge is 2.32. The molecule has 1 atom stereocenters. The number of hydrogen-bond acceptors (Lipinski definition) is 2. The number of benzene rings is 2. The summed E-state index contributed by atoms with van der Waals surface area (Å²) in [4.78, 5) is 14.3. The Morgan fingerprint density at radius 3 is 2.32 bits per heavy atom. The topological polar surface area (TPSA) is 46.3 Å². The average Bonchev–Trinajstić information content (AvgIpc) is 2.54. The molecule has 2 rings (SSSR count). The maximum atomic E-state index is 12.6. The fraction of sp³-hybridized carbons (Fsp3) is 0.278. The minimum atomic E-state index is -1.00. The van der Waals surface area contributed by atoms with Crippen LogP contribution < -0.4 is 5.73 Å². The van der Waals surface area contributed by atoms with Crippen molar-refractivity contribution in [2.24, 2.45) is 5.73 Å². The predicted molar refractivity (Wildman–Crippen MR) is 93.5 cm³/mol. The van der Waals surface area contributed by atoms with Crippen LogP contribution in [0.25, 0.3) is 0 Å². The van der Waals surface area contributed by atoms with E-state index in [0.717, 1.165) is 16.5 Å². The molecule has 0 bridgehead atoms. The summed E-state index contributed by atoms with van der Waals surface area (Å²) in [6.45, 7) is 2.40. The van der Waals surface area contributed by atoms with Crippen molar-refractivity contribution in [1.29, 1.82) is 0 Å². The zero-order chi connectivity index (χ0) is 16.2. The highest BCUT2D eigenvalue weighted by Crippen LogP contribution is 2.20. The Balaban J connectivity index is 2.01. The minimum Gasteiger partial charge on any atom is -0.344 e. The van der Waals surface area contributed by atoms with E-state index in [1.807, 2.05) is 42.5 Å². The molecule has 0 aliphatic heterocycles. The van der Waals surface area contributed by atoms with Gasteiger partial charge in [0.2, 0.25) is 5.91 Å². The summed E-state index contributed by atoms with van der Waals surface area (Å²) >= 11 is 3.42. The maximum absolute atomic E-state index is 12.6. The average molecular weight is 361 g/mol. The van der Waals surface area contributed by atoms with Gasteiger partial charge in [0.05, 0.1) is 0 Å². The van der Waals surface area contributed by atoms with Crippen LogP contribution in [0.15, 0.2) is 59.1 Å². The molecule has 2 N–H and O–H groups in total. The number of carbonyl (C=O) groups excluding carboxylic acids is 1. The molecular formula is C18H21BrN2O. The molecule has 1 unspecified atom stereocenters. The van der Waals surface area contributed by atoms with Gasteiger partial charge >= 0.3 is 0 Å². The largest absolute Gasteiger partial charge is 0.344 e. The fourth-order valence-electron chi connectivity index (χ4n) is 2.35. The molecule has 2 aromatic carbocycles. The molecule has 22 heavy (non-hydrogen) atoms. The molecule has 0 radical (unpaired) electrons. The molecule has 116 valence electrons. The highest BCUT2D eigenvalue weighted by atomic mass is 79.9. The fourth-order valence-corrected chi connectivity index (χ4v) is 2.62. The third-order valence-corrected chi connectivity index (χ3v) is 4.34. The third-order valence-electron chi connectivity index (χ3n) is 3.81. The van der Waals surface area contributed by atoms with Gasteiger partial charge in [-0.2, -0.15) is 0 Å². The first-order valence-electron chi connectivity index (χ1n) is 7.25. The van der Waals surface area contributed by atoms with Gasteiger partial charge in [0, 0.05) is 18.1 Å². The summed E-state index contributed by atoms with van der Waals surface area (Å²) in [6.07, 6.45) is 0.806. The Morgan fingerprint density at radius 1 is 1.14 bits per heavy atom. The van der Waals surface area contributed by atoms with Crippen molar-refractivity contribution >= 4 is 21.8 Å². The van der Waals surface area contributed by atoms with Crippen LogP contribution in [0.4, 0.5) is 0 Å². The second-order valence-corrected chi connectivity index (χ2v) is 6.59. The number of halogens is 1. The van der Waals surface area contributed by atoms with Crippen molar-refractivity contribution in [3.8, 4) is 0 Å². The summed E-state index contributed by atoms with van der Waals surface area (Å²) < 4.78 is 1.05. The number of hydrogen-bond donors (Lipinski definition) is 1. The van der Waals surface area contributed by atoms with E-state index in [-0.39, 0.29) is 5.91 Å². The van der Waals surface area contributed by atoms with Gasteiger partial charge in [-0.3, -0.25) is 4.79 Å². The Bertz CT molecular complexity index is 623. The van der Waals surface area contributed by atoms with Crippen LogP contribution in [0.5, 0.6) is 0 Å². The number of carbonyl (C=O) groups is 1. The molecular weight excluding hydrogens is 340 g/mol. The van der Waals surface area contributed by atoms with Crippen LogP contribution in [0, 0.1) is 0 Å². The third kappa shape index (κ3) is 3.96. The van der Waals surface area contributed by atoms with Gasteiger partial charge in [-0.1, -0.05) is 58.4 Å². The zero-order valence-electron chi connectivity index (χ0n) is 12.9. The van der Waals surface area contributed by atoms with Crippen molar-refractivity contribution in [2.75, 3.05) is 13.6 Å². The lowest BCUT2D eigenvalue weighted by Crippen LogP contribution is -2.50. The quantitative estimate of drug-likeness (QED) is 0.888. The first-order chi connectivity index (χ1) is 10.4. The van der Waals surface area contributed by atoms with Gasteiger partial charge in [0.1, 0.15) is 5.54 Å². The van der Waals surface area contributed by atoms with Gasteiger partial charge < -0.3 is 10.6 Å². The maximum Gasteiger partial charge on any atom is 0.246 e. The lowest BCUT2D eigenvalue weighted by Gasteiger charge is -2.29. The summed E-state index contributed by atoms with van der Waals surface area (Å²) in [5, 5.41) is 0. The van der Waals surface area contributed by atoms with Crippen LogP contribution in [-0.4, -0.2) is 24.4 Å². The zero-order valence-corrected chi connectivity index (χ0v) is 14.5. The summed E-state index contributed by atoms with van der Waals surface area (Å²) in [5.74, 6) is -0.0733. The summed E-state index contributed by atoms with van der Waals surface area (Å²) in [5.41, 5.74) is 7.29. The van der Waals surface area contributed by atoms with Gasteiger partial charge in [-0.05, 0) is 36.6 Å². The Kier molecular flexibility index (Phi) is 5.37. The molecule has 0 fully saturated rings. The standard InChI is InChI=1S/C18H21BrN2O/c1-18(20,15-6-4-3-5-7-15)17(22)21(2)13-12-14-8-10-16(19)11-9-14/h3-11H,12-13,20H2,1-2H3. The molecule has 3 nitrogen and oxygen atoms in total. The van der Waals surface area contributed by atoms with E-state index in [9.17, 15) is 4.79 Å². The molecule has 0 aliphatic rings. The molecule has 2 aromatic rings. The predicted octanol–water partition coefficient (Wildman–Crippen LogP) is 3.32. The smallest absolute Gasteiger partial charge is 0.246 e. The van der Waals surface area contributed by atoms with Crippen LogP contribution in [0.3, 0.4) is 0 Å². The SMILES string of the molecule is CN(CCc1ccc(Br)cc1)C(=O)C(C)(N)c1ccccc1. The Labute approximate surface area is 140 Å². The van der Waals surface area contributed by atoms with E-state index in [2.05, 4.69) is 28.1 Å². The summed E-state index contributed by atoms with van der Waals surface area (Å²) in [7, 11) is 1.80. The first-order valence-corrected chi connectivity index (χ1v) is 8.05. The normalized spacial score (nSPS) is 13.5. The number of nitrogens with two attached hydrogens (primary N) is 1. The highest BCUT2D eigenvalue weighted by molar-refractivity contribution is 9.10. The van der Waals surface area contributed by atoms with Crippen molar-refractivity contribution in [3.63, 3.8) is 0 Å². The number of rotatable bonds is 5. The van der Waals surface area contributed by atoms with E-state index in [0.29, 0.717) is 6.54 Å². The molecule has 1 amide bonds. The second kappa shape index (κ2) is 7.07. The number of likely N-dealkylation sites (N-methyl/N-ethyl adjacent to an activating group) is 1. The first kappa shape index (κ1) is 16.7. The van der Waals surface area contributed by atoms with Gasteiger partial charge in [-0.15, -0.1) is 0 Å². The van der Waals surface area contributed by atoms with E-state index in [1.165, 1.54) is 5.56 Å². The van der Waals surface area contributed by atoms with Crippen molar-refractivity contribution in [1.82, 2.24) is 4.90 Å². The van der Waals surface area contributed by atoms with E-state index >= 15 is 0 Å².